The molecule has 0 bridgehead atoms. The minimum Gasteiger partial charge on any atom is -0.484 e. The maximum absolute atomic E-state index is 13.3. The van der Waals surface area contributed by atoms with Gasteiger partial charge in [0, 0.05) is 12.1 Å². The predicted molar refractivity (Wildman–Crippen MR) is 68.3 cm³/mol. The highest BCUT2D eigenvalue weighted by molar-refractivity contribution is 5.77. The van der Waals surface area contributed by atoms with Gasteiger partial charge in [-0.1, -0.05) is 0 Å². The lowest BCUT2D eigenvalue weighted by Gasteiger charge is -2.11. The van der Waals surface area contributed by atoms with Crippen LogP contribution < -0.4 is 15.8 Å². The third-order valence-corrected chi connectivity index (χ3v) is 2.34. The maximum atomic E-state index is 13.3. The Labute approximate surface area is 119 Å². The van der Waals surface area contributed by atoms with Crippen LogP contribution in [-0.2, 0) is 11.2 Å². The quantitative estimate of drug-likeness (QED) is 0.787. The fraction of sp³-hybridized carbons (Fsp3) is 0.462. The van der Waals surface area contributed by atoms with Crippen LogP contribution in [-0.4, -0.2) is 31.3 Å². The summed E-state index contributed by atoms with van der Waals surface area (Å²) >= 11 is 0. The smallest absolute Gasteiger partial charge is 0.405 e. The second-order valence-corrected chi connectivity index (χ2v) is 4.66. The van der Waals surface area contributed by atoms with Crippen molar-refractivity contribution >= 4 is 5.91 Å². The van der Waals surface area contributed by atoms with E-state index in [1.165, 1.54) is 12.1 Å². The summed E-state index contributed by atoms with van der Waals surface area (Å²) in [7, 11) is 0. The Hall–Kier alpha value is -1.83. The lowest BCUT2D eigenvalue weighted by atomic mass is 10.1. The molecule has 0 heterocycles. The van der Waals surface area contributed by atoms with Gasteiger partial charge in [-0.3, -0.25) is 4.79 Å². The molecule has 3 N–H and O–H groups in total. The van der Waals surface area contributed by atoms with Crippen molar-refractivity contribution in [1.29, 1.82) is 0 Å². The number of alkyl halides is 3. The van der Waals surface area contributed by atoms with Crippen molar-refractivity contribution in [3.8, 4) is 5.75 Å². The second-order valence-electron chi connectivity index (χ2n) is 4.66. The summed E-state index contributed by atoms with van der Waals surface area (Å²) in [5.74, 6) is -1.45. The van der Waals surface area contributed by atoms with Crippen molar-refractivity contribution in [2.75, 3.05) is 13.2 Å². The summed E-state index contributed by atoms with van der Waals surface area (Å²) in [6.45, 7) is -0.318. The van der Waals surface area contributed by atoms with Crippen LogP contribution in [0.1, 0.15) is 12.5 Å². The molecule has 1 rings (SSSR count). The van der Waals surface area contributed by atoms with Crippen molar-refractivity contribution in [1.82, 2.24) is 5.32 Å². The average molecular weight is 308 g/mol. The topological polar surface area (TPSA) is 64.3 Å². The molecule has 0 saturated carbocycles. The van der Waals surface area contributed by atoms with Gasteiger partial charge in [0.25, 0.3) is 5.91 Å². The predicted octanol–water partition coefficient (Wildman–Crippen LogP) is 1.77. The summed E-state index contributed by atoms with van der Waals surface area (Å²) in [6, 6.07) is 3.63. The molecule has 21 heavy (non-hydrogen) atoms. The van der Waals surface area contributed by atoms with Crippen LogP contribution in [0, 0.1) is 5.82 Å². The lowest BCUT2D eigenvalue weighted by molar-refractivity contribution is -0.139. The molecule has 8 heteroatoms. The molecule has 0 aliphatic rings. The van der Waals surface area contributed by atoms with E-state index in [9.17, 15) is 22.4 Å². The monoisotopic (exact) mass is 308 g/mol. The molecule has 4 nitrogen and oxygen atoms in total. The molecule has 1 unspecified atom stereocenters. The number of carbonyl (C=O) groups is 1. The summed E-state index contributed by atoms with van der Waals surface area (Å²) in [5.41, 5.74) is 6.17. The Kier molecular flexibility index (Phi) is 5.95. The minimum atomic E-state index is -4.49. The molecule has 1 atom stereocenters. The van der Waals surface area contributed by atoms with Crippen molar-refractivity contribution in [2.45, 2.75) is 25.6 Å². The van der Waals surface area contributed by atoms with E-state index >= 15 is 0 Å². The van der Waals surface area contributed by atoms with Crippen molar-refractivity contribution in [3.05, 3.63) is 29.6 Å². The minimum absolute atomic E-state index is 0.0628. The molecule has 1 aromatic carbocycles. The highest BCUT2D eigenvalue weighted by atomic mass is 19.4. The van der Waals surface area contributed by atoms with E-state index in [0.29, 0.717) is 12.0 Å². The standard InChI is InChI=1S/C13H16F4N2O2/c1-8(18)2-9-3-10(14)5-11(4-9)21-6-12(20)19-7-13(15,16)17/h3-5,8H,2,6-7,18H2,1H3,(H,19,20). The molecule has 0 saturated heterocycles. The summed E-state index contributed by atoms with van der Waals surface area (Å²) < 4.78 is 54.0. The third kappa shape index (κ3) is 7.50. The average Bonchev–Trinajstić information content (AvgIpc) is 2.31. The third-order valence-electron chi connectivity index (χ3n) is 2.34. The van der Waals surface area contributed by atoms with Gasteiger partial charge in [-0.25, -0.2) is 4.39 Å². The van der Waals surface area contributed by atoms with Gasteiger partial charge in [0.1, 0.15) is 18.1 Å². The first-order valence-electron chi connectivity index (χ1n) is 6.17. The fourth-order valence-electron chi connectivity index (χ4n) is 1.59. The molecule has 0 spiro atoms. The first-order valence-corrected chi connectivity index (χ1v) is 6.17. The lowest BCUT2D eigenvalue weighted by Crippen LogP contribution is -2.36. The Morgan fingerprint density at radius 1 is 1.38 bits per heavy atom. The normalized spacial score (nSPS) is 12.9. The van der Waals surface area contributed by atoms with Gasteiger partial charge in [-0.05, 0) is 31.0 Å². The zero-order chi connectivity index (χ0) is 16.0. The Balaban J connectivity index is 2.55. The van der Waals surface area contributed by atoms with Gasteiger partial charge in [0.2, 0.25) is 0 Å². The highest BCUT2D eigenvalue weighted by Crippen LogP contribution is 2.17. The fourth-order valence-corrected chi connectivity index (χ4v) is 1.59. The van der Waals surface area contributed by atoms with Crippen LogP contribution in [0.25, 0.3) is 0 Å². The van der Waals surface area contributed by atoms with Crippen molar-refractivity contribution in [2.24, 2.45) is 5.73 Å². The van der Waals surface area contributed by atoms with Crippen LogP contribution in [0.3, 0.4) is 0 Å². The Morgan fingerprint density at radius 2 is 2.05 bits per heavy atom. The van der Waals surface area contributed by atoms with E-state index in [2.05, 4.69) is 0 Å². The van der Waals surface area contributed by atoms with Gasteiger partial charge in [-0.15, -0.1) is 0 Å². The molecule has 0 aliphatic heterocycles. The number of hydrogen-bond donors (Lipinski definition) is 2. The number of halogens is 4. The van der Waals surface area contributed by atoms with Gasteiger partial charge >= 0.3 is 6.18 Å². The van der Waals surface area contributed by atoms with E-state index < -0.39 is 31.1 Å². The number of rotatable bonds is 6. The van der Waals surface area contributed by atoms with Gasteiger partial charge in [0.05, 0.1) is 0 Å². The van der Waals surface area contributed by atoms with Crippen LogP contribution >= 0.6 is 0 Å². The SMILES string of the molecule is CC(N)Cc1cc(F)cc(OCC(=O)NCC(F)(F)F)c1. The molecule has 0 radical (unpaired) electrons. The van der Waals surface area contributed by atoms with Crippen LogP contribution in [0.2, 0.25) is 0 Å². The van der Waals surface area contributed by atoms with E-state index in [1.807, 2.05) is 0 Å². The Bertz CT molecular complexity index is 490. The van der Waals surface area contributed by atoms with E-state index in [0.717, 1.165) is 6.07 Å². The van der Waals surface area contributed by atoms with E-state index in [4.69, 9.17) is 10.5 Å². The summed E-state index contributed by atoms with van der Waals surface area (Å²) in [4.78, 5) is 11.2. The molecule has 1 amide bonds. The number of nitrogens with two attached hydrogens (primary N) is 1. The van der Waals surface area contributed by atoms with Crippen LogP contribution in [0.5, 0.6) is 5.75 Å². The molecule has 1 aromatic rings. The highest BCUT2D eigenvalue weighted by Gasteiger charge is 2.27. The van der Waals surface area contributed by atoms with Crippen molar-refractivity contribution in [3.63, 3.8) is 0 Å². The first kappa shape index (κ1) is 17.2. The Morgan fingerprint density at radius 3 is 2.62 bits per heavy atom. The molecule has 0 fully saturated rings. The molecule has 0 aliphatic carbocycles. The zero-order valence-corrected chi connectivity index (χ0v) is 11.3. The van der Waals surface area contributed by atoms with Crippen LogP contribution in [0.4, 0.5) is 17.6 Å². The van der Waals surface area contributed by atoms with Gasteiger partial charge in [-0.2, -0.15) is 13.2 Å². The number of carbonyl (C=O) groups excluding carboxylic acids is 1. The van der Waals surface area contributed by atoms with Crippen molar-refractivity contribution < 1.29 is 27.1 Å². The number of benzene rings is 1. The molecular formula is C13H16F4N2O2. The number of amides is 1. The largest absolute Gasteiger partial charge is 0.484 e. The van der Waals surface area contributed by atoms with E-state index in [1.54, 1.807) is 12.2 Å². The molecular weight excluding hydrogens is 292 g/mol. The number of ether oxygens (including phenoxy) is 1. The number of nitrogens with one attached hydrogen (secondary N) is 1. The van der Waals surface area contributed by atoms with Gasteiger partial charge < -0.3 is 15.8 Å². The summed E-state index contributed by atoms with van der Waals surface area (Å²) in [5, 5.41) is 1.65. The zero-order valence-electron chi connectivity index (χ0n) is 11.3. The van der Waals surface area contributed by atoms with E-state index in [-0.39, 0.29) is 11.8 Å². The second kappa shape index (κ2) is 7.26. The maximum Gasteiger partial charge on any atom is 0.405 e. The summed E-state index contributed by atoms with van der Waals surface area (Å²) in [6.07, 6.45) is -4.08. The number of hydrogen-bond acceptors (Lipinski definition) is 3. The van der Waals surface area contributed by atoms with Gasteiger partial charge in [0.15, 0.2) is 6.61 Å². The van der Waals surface area contributed by atoms with Crippen LogP contribution in [0.15, 0.2) is 18.2 Å². The first-order chi connectivity index (χ1) is 9.65. The molecule has 0 aromatic heterocycles. The molecule has 118 valence electrons.